The van der Waals surface area contributed by atoms with E-state index in [1.54, 1.807) is 0 Å². The third-order valence-corrected chi connectivity index (χ3v) is 10.7. The summed E-state index contributed by atoms with van der Waals surface area (Å²) in [6, 6.07) is 49.8. The third-order valence-electron chi connectivity index (χ3n) is 8.62. The van der Waals surface area contributed by atoms with Crippen molar-refractivity contribution in [2.24, 2.45) is 0 Å². The second-order valence-electron chi connectivity index (χ2n) is 12.9. The Hall–Kier alpha value is -5.32. The molecular weight excluding hydrogens is 575 g/mol. The Bertz CT molecular complexity index is 2160. The molecule has 2 aromatic heterocycles. The average molecular weight is 612 g/mol. The Labute approximate surface area is 272 Å². The van der Waals surface area contributed by atoms with Crippen LogP contribution in [-0.2, 0) is 0 Å². The predicted molar refractivity (Wildman–Crippen MR) is 198 cm³/mol. The Kier molecular flexibility index (Phi) is 7.81. The SMILES string of the molecule is Cc1cnc(-c2cccc(N(c3cccc(-c4cc([Si](C)(C)C)ccn4)c3)c3cccc4ccccc34)c2)cc1-c1ccccc1. The van der Waals surface area contributed by atoms with E-state index in [2.05, 4.69) is 171 Å². The zero-order chi connectivity index (χ0) is 31.7. The van der Waals surface area contributed by atoms with Crippen LogP contribution in [0.1, 0.15) is 5.56 Å². The van der Waals surface area contributed by atoms with Gasteiger partial charge in [-0.25, -0.2) is 0 Å². The van der Waals surface area contributed by atoms with Crippen LogP contribution in [0.25, 0.3) is 44.4 Å². The molecule has 7 aromatic rings. The standard InChI is InChI=1S/C42H37N3Si/c1-30-29-44-41(28-39(30)32-13-6-5-7-14-32)34-18-11-20-36(26-34)45(42-22-12-16-31-15-8-9-21-38(31)42)35-19-10-17-33(25-35)40-27-37(23-24-43-40)46(2,3)4/h5-29H,1-4H3. The lowest BCUT2D eigenvalue weighted by molar-refractivity contribution is 1.26. The van der Waals surface area contributed by atoms with E-state index in [0.717, 1.165) is 45.1 Å². The molecule has 0 unspecified atom stereocenters. The molecule has 0 saturated carbocycles. The van der Waals surface area contributed by atoms with Crippen molar-refractivity contribution in [1.82, 2.24) is 9.97 Å². The van der Waals surface area contributed by atoms with Gasteiger partial charge in [0.25, 0.3) is 0 Å². The fourth-order valence-corrected chi connectivity index (χ4v) is 7.25. The van der Waals surface area contributed by atoms with Crippen molar-refractivity contribution in [3.63, 3.8) is 0 Å². The summed E-state index contributed by atoms with van der Waals surface area (Å²) in [5.74, 6) is 0. The van der Waals surface area contributed by atoms with Gasteiger partial charge in [0.15, 0.2) is 0 Å². The number of hydrogen-bond acceptors (Lipinski definition) is 3. The van der Waals surface area contributed by atoms with Gasteiger partial charge in [-0.3, -0.25) is 9.97 Å². The van der Waals surface area contributed by atoms with Crippen molar-refractivity contribution in [3.8, 4) is 33.6 Å². The van der Waals surface area contributed by atoms with Gasteiger partial charge in [-0.15, -0.1) is 0 Å². The minimum Gasteiger partial charge on any atom is -0.310 e. The molecule has 0 N–H and O–H groups in total. The number of aryl methyl sites for hydroxylation is 1. The second-order valence-corrected chi connectivity index (χ2v) is 17.9. The van der Waals surface area contributed by atoms with Crippen molar-refractivity contribution in [2.45, 2.75) is 26.6 Å². The predicted octanol–water partition coefficient (Wildman–Crippen LogP) is 11.0. The van der Waals surface area contributed by atoms with Gasteiger partial charge in [0.2, 0.25) is 0 Å². The molecule has 2 heterocycles. The summed E-state index contributed by atoms with van der Waals surface area (Å²) in [4.78, 5) is 12.1. The molecule has 5 aromatic carbocycles. The van der Waals surface area contributed by atoms with E-state index in [1.807, 2.05) is 12.4 Å². The van der Waals surface area contributed by atoms with Crippen molar-refractivity contribution < 1.29 is 0 Å². The Balaban J connectivity index is 1.38. The van der Waals surface area contributed by atoms with Gasteiger partial charge in [-0.05, 0) is 77.5 Å². The average Bonchev–Trinajstić information content (AvgIpc) is 3.09. The molecule has 3 nitrogen and oxygen atoms in total. The molecule has 46 heavy (non-hydrogen) atoms. The lowest BCUT2D eigenvalue weighted by atomic mass is 9.99. The molecule has 0 saturated heterocycles. The largest absolute Gasteiger partial charge is 0.310 e. The number of aromatic nitrogens is 2. The molecule has 0 amide bonds. The third kappa shape index (κ3) is 5.87. The van der Waals surface area contributed by atoms with Crippen LogP contribution in [0.3, 0.4) is 0 Å². The highest BCUT2D eigenvalue weighted by atomic mass is 28.3. The molecule has 0 radical (unpaired) electrons. The molecule has 0 aliphatic carbocycles. The number of benzene rings is 5. The maximum atomic E-state index is 4.89. The first-order chi connectivity index (χ1) is 22.3. The molecule has 0 fully saturated rings. The minimum atomic E-state index is -1.49. The molecule has 224 valence electrons. The maximum Gasteiger partial charge on any atom is 0.0777 e. The molecular formula is C42H37N3Si. The smallest absolute Gasteiger partial charge is 0.0777 e. The van der Waals surface area contributed by atoms with Crippen molar-refractivity contribution in [3.05, 3.63) is 157 Å². The van der Waals surface area contributed by atoms with E-state index < -0.39 is 8.07 Å². The number of pyridine rings is 2. The summed E-state index contributed by atoms with van der Waals surface area (Å²) in [6.07, 6.45) is 3.94. The Morgan fingerprint density at radius 2 is 1.15 bits per heavy atom. The van der Waals surface area contributed by atoms with E-state index in [0.29, 0.717) is 0 Å². The van der Waals surface area contributed by atoms with Gasteiger partial charge >= 0.3 is 0 Å². The molecule has 0 atom stereocenters. The van der Waals surface area contributed by atoms with Gasteiger partial charge < -0.3 is 4.90 Å². The summed E-state index contributed by atoms with van der Waals surface area (Å²) in [5.41, 5.74) is 10.9. The molecule has 0 bridgehead atoms. The number of fused-ring (bicyclic) bond motifs is 1. The van der Waals surface area contributed by atoms with Gasteiger partial charge in [0.1, 0.15) is 0 Å². The monoisotopic (exact) mass is 611 g/mol. The summed E-state index contributed by atoms with van der Waals surface area (Å²) in [7, 11) is -1.49. The van der Waals surface area contributed by atoms with Crippen LogP contribution in [0.4, 0.5) is 17.1 Å². The summed E-state index contributed by atoms with van der Waals surface area (Å²) < 4.78 is 0. The van der Waals surface area contributed by atoms with Gasteiger partial charge in [-0.1, -0.05) is 116 Å². The quantitative estimate of drug-likeness (QED) is 0.168. The maximum absolute atomic E-state index is 4.89. The molecule has 0 aliphatic rings. The second kappa shape index (κ2) is 12.2. The van der Waals surface area contributed by atoms with Gasteiger partial charge in [0.05, 0.1) is 25.1 Å². The molecule has 7 rings (SSSR count). The first-order valence-corrected chi connectivity index (χ1v) is 19.3. The van der Waals surface area contributed by atoms with Crippen LogP contribution < -0.4 is 10.1 Å². The number of anilines is 3. The van der Waals surface area contributed by atoms with E-state index >= 15 is 0 Å². The first-order valence-electron chi connectivity index (χ1n) is 15.8. The first kappa shape index (κ1) is 29.4. The zero-order valence-corrected chi connectivity index (χ0v) is 27.8. The van der Waals surface area contributed by atoms with Crippen molar-refractivity contribution >= 4 is 41.1 Å². The summed E-state index contributed by atoms with van der Waals surface area (Å²) in [5, 5.41) is 3.80. The number of rotatable bonds is 7. The van der Waals surface area contributed by atoms with E-state index in [9.17, 15) is 0 Å². The summed E-state index contributed by atoms with van der Waals surface area (Å²) in [6.45, 7) is 9.26. The number of nitrogens with zero attached hydrogens (tertiary/aromatic N) is 3. The lowest BCUT2D eigenvalue weighted by Gasteiger charge is -2.28. The number of hydrogen-bond donors (Lipinski definition) is 0. The lowest BCUT2D eigenvalue weighted by Crippen LogP contribution is -2.37. The van der Waals surface area contributed by atoms with Gasteiger partial charge in [0, 0.05) is 40.3 Å². The molecule has 0 spiro atoms. The fraction of sp³-hybridized carbons (Fsp3) is 0.0952. The van der Waals surface area contributed by atoms with E-state index in [1.165, 1.54) is 27.1 Å². The fourth-order valence-electron chi connectivity index (χ4n) is 6.10. The molecule has 4 heteroatoms. The summed E-state index contributed by atoms with van der Waals surface area (Å²) >= 11 is 0. The van der Waals surface area contributed by atoms with Crippen LogP contribution >= 0.6 is 0 Å². The van der Waals surface area contributed by atoms with E-state index in [-0.39, 0.29) is 0 Å². The molecule has 0 aliphatic heterocycles. The van der Waals surface area contributed by atoms with Gasteiger partial charge in [-0.2, -0.15) is 0 Å². The highest BCUT2D eigenvalue weighted by Crippen LogP contribution is 2.41. The van der Waals surface area contributed by atoms with Crippen molar-refractivity contribution in [2.75, 3.05) is 4.90 Å². The van der Waals surface area contributed by atoms with Crippen LogP contribution in [0.2, 0.25) is 19.6 Å². The van der Waals surface area contributed by atoms with Crippen LogP contribution in [0.15, 0.2) is 152 Å². The Morgan fingerprint density at radius 1 is 0.543 bits per heavy atom. The highest BCUT2D eigenvalue weighted by Gasteiger charge is 2.19. The van der Waals surface area contributed by atoms with E-state index in [4.69, 9.17) is 9.97 Å². The van der Waals surface area contributed by atoms with Crippen LogP contribution in [0, 0.1) is 6.92 Å². The highest BCUT2D eigenvalue weighted by molar-refractivity contribution is 6.88. The normalized spacial score (nSPS) is 11.5. The minimum absolute atomic E-state index is 0.949. The topological polar surface area (TPSA) is 29.0 Å². The van der Waals surface area contributed by atoms with Crippen molar-refractivity contribution in [1.29, 1.82) is 0 Å². The van der Waals surface area contributed by atoms with Crippen LogP contribution in [-0.4, -0.2) is 18.0 Å². The Morgan fingerprint density at radius 3 is 1.87 bits per heavy atom. The van der Waals surface area contributed by atoms with Crippen LogP contribution in [0.5, 0.6) is 0 Å². The zero-order valence-electron chi connectivity index (χ0n) is 26.8.